The molecular formula is C20H20F5NO6S2. The summed E-state index contributed by atoms with van der Waals surface area (Å²) in [5.41, 5.74) is -1.92. The number of pyridine rings is 1. The summed E-state index contributed by atoms with van der Waals surface area (Å²) in [4.78, 5) is 0.0271. The van der Waals surface area contributed by atoms with Crippen LogP contribution in [-0.2, 0) is 35.5 Å². The van der Waals surface area contributed by atoms with Gasteiger partial charge in [0, 0.05) is 25.1 Å². The van der Waals surface area contributed by atoms with E-state index in [4.69, 9.17) is 4.74 Å². The van der Waals surface area contributed by atoms with Crippen molar-refractivity contribution in [2.45, 2.75) is 47.3 Å². The minimum Gasteiger partial charge on any atom is -0.433 e. The Bertz CT molecular complexity index is 1280. The van der Waals surface area contributed by atoms with Gasteiger partial charge in [-0.1, -0.05) is 13.0 Å². The van der Waals surface area contributed by atoms with E-state index < -0.39 is 64.2 Å². The van der Waals surface area contributed by atoms with Crippen LogP contribution in [0, 0.1) is 5.92 Å². The maximum absolute atomic E-state index is 13.8. The molecule has 1 aromatic carbocycles. The smallest absolute Gasteiger partial charge is 0.416 e. The second-order valence-electron chi connectivity index (χ2n) is 7.90. The molecule has 14 heteroatoms. The zero-order valence-corrected chi connectivity index (χ0v) is 19.5. The second kappa shape index (κ2) is 9.04. The third-order valence-electron chi connectivity index (χ3n) is 5.30. The van der Waals surface area contributed by atoms with Gasteiger partial charge in [-0.15, -0.1) is 0 Å². The zero-order valence-electron chi connectivity index (χ0n) is 17.8. The van der Waals surface area contributed by atoms with E-state index in [1.54, 1.807) is 6.92 Å². The van der Waals surface area contributed by atoms with Crippen LogP contribution in [0.15, 0.2) is 46.3 Å². The largest absolute Gasteiger partial charge is 0.433 e. The first-order valence-corrected chi connectivity index (χ1v) is 13.2. The predicted octanol–water partition coefficient (Wildman–Crippen LogP) is 4.18. The number of benzene rings is 1. The molecule has 1 aliphatic heterocycles. The van der Waals surface area contributed by atoms with Crippen LogP contribution in [0.4, 0.5) is 22.0 Å². The van der Waals surface area contributed by atoms with Gasteiger partial charge in [0.2, 0.25) is 14.8 Å². The van der Waals surface area contributed by atoms with Gasteiger partial charge in [-0.25, -0.2) is 16.8 Å². The first-order valence-electron chi connectivity index (χ1n) is 9.79. The van der Waals surface area contributed by atoms with Crippen molar-refractivity contribution in [2.24, 2.45) is 5.92 Å². The molecule has 1 saturated heterocycles. The van der Waals surface area contributed by atoms with Gasteiger partial charge in [-0.3, -0.25) is 4.98 Å². The number of hydrogen-bond donors (Lipinski definition) is 0. The predicted molar refractivity (Wildman–Crippen MR) is 109 cm³/mol. The normalized spacial score (nSPS) is 22.1. The van der Waals surface area contributed by atoms with Crippen molar-refractivity contribution >= 4 is 19.7 Å². The van der Waals surface area contributed by atoms with E-state index in [0.29, 0.717) is 24.6 Å². The molecule has 2 atom stereocenters. The van der Waals surface area contributed by atoms with Gasteiger partial charge in [0.15, 0.2) is 15.6 Å². The first kappa shape index (κ1) is 26.3. The van der Waals surface area contributed by atoms with E-state index in [2.05, 4.69) is 9.72 Å². The molecule has 0 spiro atoms. The topological polar surface area (TPSA) is 99.6 Å². The standard InChI is InChI=1S/C20H20F5NO6S2/c1-12-6-7-31-19(10-12,34(29,30)14-5-3-4-13(8-14)20(23,24)25)17-16(32-18(21)22)9-15(11-26-17)33(2,27)28/h3-5,8-9,11-12,18H,6-7,10H2,1-2H3. The minimum atomic E-state index is -4.86. The molecule has 2 unspecified atom stereocenters. The highest BCUT2D eigenvalue weighted by molar-refractivity contribution is 7.92. The Morgan fingerprint density at radius 1 is 1.15 bits per heavy atom. The molecule has 2 heterocycles. The van der Waals surface area contributed by atoms with E-state index in [1.807, 2.05) is 0 Å². The highest BCUT2D eigenvalue weighted by Gasteiger charge is 2.54. The van der Waals surface area contributed by atoms with Gasteiger partial charge in [0.1, 0.15) is 5.69 Å². The molecule has 7 nitrogen and oxygen atoms in total. The molecule has 3 rings (SSSR count). The van der Waals surface area contributed by atoms with Gasteiger partial charge in [-0.2, -0.15) is 22.0 Å². The summed E-state index contributed by atoms with van der Waals surface area (Å²) in [6, 6.07) is 3.61. The first-order chi connectivity index (χ1) is 15.6. The lowest BCUT2D eigenvalue weighted by atomic mass is 9.94. The Balaban J connectivity index is 2.31. The van der Waals surface area contributed by atoms with Gasteiger partial charge in [0.25, 0.3) is 0 Å². The number of aromatic nitrogens is 1. The molecule has 0 radical (unpaired) electrons. The van der Waals surface area contributed by atoms with Gasteiger partial charge < -0.3 is 9.47 Å². The highest BCUT2D eigenvalue weighted by Crippen LogP contribution is 2.48. The van der Waals surface area contributed by atoms with Crippen molar-refractivity contribution in [1.29, 1.82) is 0 Å². The van der Waals surface area contributed by atoms with Crippen LogP contribution < -0.4 is 4.74 Å². The molecule has 1 aromatic heterocycles. The lowest BCUT2D eigenvalue weighted by Crippen LogP contribution is -2.45. The quantitative estimate of drug-likeness (QED) is 0.518. The average Bonchev–Trinajstić information content (AvgIpc) is 2.72. The van der Waals surface area contributed by atoms with Crippen molar-refractivity contribution in [3.05, 3.63) is 47.8 Å². The van der Waals surface area contributed by atoms with Crippen molar-refractivity contribution in [3.63, 3.8) is 0 Å². The van der Waals surface area contributed by atoms with E-state index in [-0.39, 0.29) is 18.9 Å². The van der Waals surface area contributed by atoms with E-state index in [0.717, 1.165) is 24.6 Å². The third-order valence-corrected chi connectivity index (χ3v) is 8.60. The molecule has 34 heavy (non-hydrogen) atoms. The fraction of sp³-hybridized carbons (Fsp3) is 0.450. The second-order valence-corrected chi connectivity index (χ2v) is 12.1. The summed E-state index contributed by atoms with van der Waals surface area (Å²) in [6.07, 6.45) is -3.28. The molecule has 188 valence electrons. The van der Waals surface area contributed by atoms with Crippen molar-refractivity contribution in [2.75, 3.05) is 12.9 Å². The molecule has 1 fully saturated rings. The molecule has 0 amide bonds. The zero-order chi connectivity index (χ0) is 25.5. The SMILES string of the molecule is CC1CCOC(c2ncc(S(C)(=O)=O)cc2OC(F)F)(S(=O)(=O)c2cccc(C(F)(F)F)c2)C1. The van der Waals surface area contributed by atoms with Crippen molar-refractivity contribution < 1.29 is 48.3 Å². The molecule has 1 aliphatic rings. The molecule has 0 saturated carbocycles. The van der Waals surface area contributed by atoms with Crippen LogP contribution in [-0.4, -0.2) is 41.3 Å². The number of nitrogens with zero attached hydrogens (tertiary/aromatic N) is 1. The van der Waals surface area contributed by atoms with Gasteiger partial charge >= 0.3 is 12.8 Å². The molecule has 2 aromatic rings. The third kappa shape index (κ3) is 5.03. The maximum atomic E-state index is 13.8. The number of ether oxygens (including phenoxy) is 2. The Labute approximate surface area is 192 Å². The molecule has 0 aliphatic carbocycles. The Morgan fingerprint density at radius 2 is 1.82 bits per heavy atom. The Hall–Kier alpha value is -2.32. The van der Waals surface area contributed by atoms with Crippen LogP contribution in [0.1, 0.15) is 31.0 Å². The van der Waals surface area contributed by atoms with Crippen LogP contribution >= 0.6 is 0 Å². The molecular weight excluding hydrogens is 509 g/mol. The van der Waals surface area contributed by atoms with Gasteiger partial charge in [0.05, 0.1) is 15.4 Å². The summed E-state index contributed by atoms with van der Waals surface area (Å²) in [6.45, 7) is -2.01. The van der Waals surface area contributed by atoms with Crippen LogP contribution in [0.5, 0.6) is 5.75 Å². The Kier molecular flexibility index (Phi) is 6.99. The minimum absolute atomic E-state index is 0.178. The fourth-order valence-electron chi connectivity index (χ4n) is 3.66. The van der Waals surface area contributed by atoms with E-state index >= 15 is 0 Å². The maximum Gasteiger partial charge on any atom is 0.416 e. The van der Waals surface area contributed by atoms with E-state index in [9.17, 15) is 38.8 Å². The number of halogens is 5. The fourth-order valence-corrected chi connectivity index (χ4v) is 6.29. The summed E-state index contributed by atoms with van der Waals surface area (Å²) in [5.74, 6) is -1.24. The summed E-state index contributed by atoms with van der Waals surface area (Å²) in [7, 11) is -8.81. The summed E-state index contributed by atoms with van der Waals surface area (Å²) in [5, 5.41) is 0. The average molecular weight is 530 g/mol. The number of alkyl halides is 5. The van der Waals surface area contributed by atoms with Crippen molar-refractivity contribution in [3.8, 4) is 5.75 Å². The lowest BCUT2D eigenvalue weighted by Gasteiger charge is -2.39. The number of rotatable bonds is 6. The monoisotopic (exact) mass is 529 g/mol. The number of sulfone groups is 2. The summed E-state index contributed by atoms with van der Waals surface area (Å²) >= 11 is 0. The van der Waals surface area contributed by atoms with Crippen LogP contribution in [0.2, 0.25) is 0 Å². The Morgan fingerprint density at radius 3 is 2.38 bits per heavy atom. The molecule has 0 bridgehead atoms. The van der Waals surface area contributed by atoms with Crippen molar-refractivity contribution in [1.82, 2.24) is 4.98 Å². The molecule has 0 N–H and O–H groups in total. The highest BCUT2D eigenvalue weighted by atomic mass is 32.2. The van der Waals surface area contributed by atoms with E-state index in [1.165, 1.54) is 0 Å². The van der Waals surface area contributed by atoms with Gasteiger partial charge in [-0.05, 0) is 37.0 Å². The number of hydrogen-bond acceptors (Lipinski definition) is 7. The lowest BCUT2D eigenvalue weighted by molar-refractivity contribution is -0.137. The van der Waals surface area contributed by atoms with Crippen LogP contribution in [0.25, 0.3) is 0 Å². The summed E-state index contributed by atoms with van der Waals surface area (Å²) < 4.78 is 127. The van der Waals surface area contributed by atoms with Crippen LogP contribution in [0.3, 0.4) is 0 Å².